The summed E-state index contributed by atoms with van der Waals surface area (Å²) in [5.41, 5.74) is 3.27. The number of nitrogens with one attached hydrogen (secondary N) is 3. The van der Waals surface area contributed by atoms with Gasteiger partial charge in [-0.25, -0.2) is 13.1 Å². The molecule has 7 heterocycles. The van der Waals surface area contributed by atoms with Gasteiger partial charge in [0.15, 0.2) is 0 Å². The molecule has 0 bridgehead atoms. The lowest BCUT2D eigenvalue weighted by Gasteiger charge is -2.63. The number of aromatic nitrogens is 2. The van der Waals surface area contributed by atoms with Crippen LogP contribution in [0.25, 0.3) is 11.0 Å². The smallest absolute Gasteiger partial charge is 0.293 e. The van der Waals surface area contributed by atoms with Crippen molar-refractivity contribution in [1.82, 2.24) is 24.5 Å². The molecule has 2 unspecified atom stereocenters. The molecule has 20 heteroatoms. The first-order valence-electron chi connectivity index (χ1n) is 29.1. The van der Waals surface area contributed by atoms with Crippen LogP contribution in [0.3, 0.4) is 0 Å². The molecule has 4 saturated heterocycles. The number of H-pyrrole nitrogens is 1. The number of anilines is 4. The van der Waals surface area contributed by atoms with Gasteiger partial charge in [0.05, 0.1) is 51.5 Å². The Kier molecular flexibility index (Phi) is 15.0. The standard InChI is InChI=1S/C60H77N9O10S/c1-38(2)78-54-8-6-5-7-45(54)53-36-66(42-16-28-76-29-17-42)26-27-67(53)52-34-60(39(52)3)21-24-65(25-22-60)43-9-11-46(49(32-43)68-48-18-30-77-37-55(48)79-58-51(68)31-41-15-23-61-56(41)63-58)57(70)64-80(74,75)44-10-12-47(50(33-44)69(72)73)62-35-40-13-19-59(4,71)20-14-40/h5-12,15,23,31-33,38-40,42,48,52-53,55,62,71H,13-14,16-22,24-30,34-37H2,1-4H3,(H,61,63)(H,64,70)/t39?,40?,48-,52?,53-,55-,59?/m0/s1. The molecule has 2 saturated carbocycles. The molecule has 5 aliphatic heterocycles. The van der Waals surface area contributed by atoms with Crippen LogP contribution in [0, 0.1) is 27.4 Å². The average Bonchev–Trinajstić information content (AvgIpc) is 4.07. The number of hydrogen-bond acceptors (Lipinski definition) is 16. The molecule has 7 aliphatic rings. The van der Waals surface area contributed by atoms with Gasteiger partial charge in [-0.15, -0.1) is 0 Å². The van der Waals surface area contributed by atoms with E-state index in [0.29, 0.717) is 79.9 Å². The van der Waals surface area contributed by atoms with E-state index in [1.165, 1.54) is 17.7 Å². The van der Waals surface area contributed by atoms with Crippen molar-refractivity contribution in [2.75, 3.05) is 80.8 Å². The highest BCUT2D eigenvalue weighted by atomic mass is 32.2. The third-order valence-electron chi connectivity index (χ3n) is 19.1. The number of rotatable bonds is 14. The van der Waals surface area contributed by atoms with Crippen LogP contribution in [0.1, 0.15) is 114 Å². The Bertz CT molecular complexity index is 3200. The van der Waals surface area contributed by atoms with Gasteiger partial charge >= 0.3 is 0 Å². The molecular weight excluding hydrogens is 1040 g/mol. The molecule has 5 aromatic rings. The largest absolute Gasteiger partial charge is 0.491 e. The third-order valence-corrected chi connectivity index (χ3v) is 20.4. The summed E-state index contributed by atoms with van der Waals surface area (Å²) in [5, 5.41) is 26.9. The maximum absolute atomic E-state index is 14.9. The summed E-state index contributed by atoms with van der Waals surface area (Å²) in [6, 6.07) is 22.7. The third kappa shape index (κ3) is 10.7. The molecule has 2 aromatic heterocycles. The number of amides is 1. The molecule has 3 aromatic carbocycles. The Morgan fingerprint density at radius 2 is 1.70 bits per heavy atom. The summed E-state index contributed by atoms with van der Waals surface area (Å²) < 4.78 is 55.7. The van der Waals surface area contributed by atoms with Gasteiger partial charge in [0.25, 0.3) is 21.6 Å². The fraction of sp³-hybridized carbons (Fsp3) is 0.567. The first-order valence-corrected chi connectivity index (χ1v) is 30.6. The number of sulfonamides is 1. The molecule has 80 heavy (non-hydrogen) atoms. The highest BCUT2D eigenvalue weighted by Crippen LogP contribution is 2.58. The number of hydrogen-bond donors (Lipinski definition) is 4. The minimum atomic E-state index is -4.64. The number of carbonyl (C=O) groups excluding carboxylic acids is 1. The number of nitrogens with zero attached hydrogens (tertiary/aromatic N) is 6. The number of piperazine rings is 1. The molecule has 5 atom stereocenters. The first-order chi connectivity index (χ1) is 38.5. The predicted octanol–water partition coefficient (Wildman–Crippen LogP) is 8.95. The maximum atomic E-state index is 14.9. The van der Waals surface area contributed by atoms with E-state index >= 15 is 0 Å². The van der Waals surface area contributed by atoms with Crippen molar-refractivity contribution in [3.63, 3.8) is 0 Å². The molecule has 19 nitrogen and oxygen atoms in total. The molecule has 0 radical (unpaired) electrons. The molecule has 12 rings (SSSR count). The summed E-state index contributed by atoms with van der Waals surface area (Å²) in [4.78, 5) is 44.3. The van der Waals surface area contributed by atoms with Crippen LogP contribution < -0.4 is 29.3 Å². The zero-order chi connectivity index (χ0) is 55.5. The van der Waals surface area contributed by atoms with Crippen LogP contribution >= 0.6 is 0 Å². The van der Waals surface area contributed by atoms with E-state index in [9.17, 15) is 28.4 Å². The molecule has 1 amide bonds. The minimum Gasteiger partial charge on any atom is -0.491 e. The molecule has 4 N–H and O–H groups in total. The monoisotopic (exact) mass is 1120 g/mol. The summed E-state index contributed by atoms with van der Waals surface area (Å²) in [5.74, 6) is 1.11. The Labute approximate surface area is 468 Å². The van der Waals surface area contributed by atoms with E-state index in [-0.39, 0.29) is 40.8 Å². The van der Waals surface area contributed by atoms with Crippen LogP contribution in [0.15, 0.2) is 83.9 Å². The highest BCUT2D eigenvalue weighted by molar-refractivity contribution is 7.90. The van der Waals surface area contributed by atoms with Crippen molar-refractivity contribution in [3.05, 3.63) is 100 Å². The highest BCUT2D eigenvalue weighted by Gasteiger charge is 2.56. The fourth-order valence-electron chi connectivity index (χ4n) is 14.3. The van der Waals surface area contributed by atoms with Gasteiger partial charge in [0.2, 0.25) is 5.88 Å². The van der Waals surface area contributed by atoms with E-state index in [0.717, 1.165) is 114 Å². The fourth-order valence-corrected chi connectivity index (χ4v) is 15.3. The number of ether oxygens (including phenoxy) is 4. The van der Waals surface area contributed by atoms with Crippen molar-refractivity contribution < 1.29 is 42.2 Å². The Morgan fingerprint density at radius 3 is 2.46 bits per heavy atom. The van der Waals surface area contributed by atoms with E-state index in [4.69, 9.17) is 23.9 Å². The quantitative estimate of drug-likeness (QED) is 0.0603. The van der Waals surface area contributed by atoms with Gasteiger partial charge in [0, 0.05) is 100 Å². The zero-order valence-corrected chi connectivity index (χ0v) is 47.3. The van der Waals surface area contributed by atoms with Crippen molar-refractivity contribution in [2.24, 2.45) is 17.3 Å². The van der Waals surface area contributed by atoms with Gasteiger partial charge in [-0.1, -0.05) is 25.1 Å². The summed E-state index contributed by atoms with van der Waals surface area (Å²) in [6.07, 6.45) is 10.0. The van der Waals surface area contributed by atoms with E-state index in [1.807, 2.05) is 37.4 Å². The molecule has 428 valence electrons. The number of nitro benzene ring substituents is 1. The average molecular weight is 1120 g/mol. The summed E-state index contributed by atoms with van der Waals surface area (Å²) in [7, 11) is -4.64. The SMILES string of the molecule is CC(C)Oc1ccccc1[C@@H]1CN(C2CCOCC2)CCN1C1CC2(CCN(c3ccc(C(=O)NS(=O)(=O)c4ccc(NCC5CCC(C)(O)CC5)c([N+](=O)[O-])c4)c(N4c5cc6cc[nH]c6nc5O[C@H]5COCC[C@@H]54)c3)CC2)C1C. The van der Waals surface area contributed by atoms with Crippen molar-refractivity contribution in [3.8, 4) is 11.6 Å². The van der Waals surface area contributed by atoms with E-state index in [1.54, 1.807) is 6.07 Å². The van der Waals surface area contributed by atoms with E-state index < -0.39 is 43.1 Å². The molecule has 2 aliphatic carbocycles. The van der Waals surface area contributed by atoms with Gasteiger partial charge in [-0.05, 0) is 151 Å². The van der Waals surface area contributed by atoms with Crippen LogP contribution in [0.5, 0.6) is 11.6 Å². The van der Waals surface area contributed by atoms with Gasteiger partial charge in [-0.2, -0.15) is 4.98 Å². The normalized spacial score (nSPS) is 27.5. The number of aromatic amines is 1. The topological polar surface area (TPSA) is 217 Å². The number of fused-ring (bicyclic) bond motifs is 3. The summed E-state index contributed by atoms with van der Waals surface area (Å²) >= 11 is 0. The molecule has 1 spiro atoms. The first kappa shape index (κ1) is 54.6. The van der Waals surface area contributed by atoms with Crippen LogP contribution in [-0.2, 0) is 19.5 Å². The second-order valence-corrected chi connectivity index (χ2v) is 26.0. The number of aliphatic hydroxyl groups is 1. The lowest BCUT2D eigenvalue weighted by atomic mass is 9.53. The van der Waals surface area contributed by atoms with Crippen LogP contribution in [0.2, 0.25) is 0 Å². The zero-order valence-electron chi connectivity index (χ0n) is 46.5. The number of pyridine rings is 1. The Hall–Kier alpha value is -6.03. The Morgan fingerprint density at radius 1 is 0.925 bits per heavy atom. The number of carbonyl (C=O) groups is 1. The maximum Gasteiger partial charge on any atom is 0.293 e. The van der Waals surface area contributed by atoms with Crippen LogP contribution in [0.4, 0.5) is 28.4 Å². The number of para-hydroxylation sites is 1. The number of piperidine rings is 1. The van der Waals surface area contributed by atoms with Gasteiger partial charge in [-0.3, -0.25) is 24.7 Å². The van der Waals surface area contributed by atoms with Crippen molar-refractivity contribution in [2.45, 2.75) is 139 Å². The predicted molar refractivity (Wildman–Crippen MR) is 306 cm³/mol. The number of nitro groups is 1. The number of benzene rings is 3. The second kappa shape index (κ2) is 22.0. The summed E-state index contributed by atoms with van der Waals surface area (Å²) in [6.45, 7) is 15.9. The van der Waals surface area contributed by atoms with E-state index in [2.05, 4.69) is 79.7 Å². The van der Waals surface area contributed by atoms with Gasteiger partial charge in [0.1, 0.15) is 28.9 Å². The minimum absolute atomic E-state index is 0.0660. The Balaban J connectivity index is 0.813. The molecule has 6 fully saturated rings. The van der Waals surface area contributed by atoms with Gasteiger partial charge < -0.3 is 44.2 Å². The lowest BCUT2D eigenvalue weighted by Crippen LogP contribution is -2.65. The van der Waals surface area contributed by atoms with Crippen molar-refractivity contribution >= 4 is 55.4 Å². The van der Waals surface area contributed by atoms with Crippen molar-refractivity contribution in [1.29, 1.82) is 0 Å². The second-order valence-electron chi connectivity index (χ2n) is 24.3. The van der Waals surface area contributed by atoms with Crippen LogP contribution in [-0.4, -0.2) is 146 Å². The lowest BCUT2D eigenvalue weighted by molar-refractivity contribution is -0.384. The molecular formula is C60H77N9O10S.